The first kappa shape index (κ1) is 13.7. The lowest BCUT2D eigenvalue weighted by atomic mass is 10.1. The first-order valence-electron chi connectivity index (χ1n) is 7.55. The van der Waals surface area contributed by atoms with Crippen LogP contribution < -0.4 is 5.56 Å². The Morgan fingerprint density at radius 2 is 2.04 bits per heavy atom. The number of rotatable bonds is 3. The third-order valence-electron chi connectivity index (χ3n) is 4.15. The van der Waals surface area contributed by atoms with Gasteiger partial charge < -0.3 is 4.57 Å². The number of hydrogen-bond donors (Lipinski definition) is 0. The minimum Gasteiger partial charge on any atom is -0.318 e. The smallest absolute Gasteiger partial charge is 0.254 e. The van der Waals surface area contributed by atoms with Crippen molar-refractivity contribution in [3.8, 4) is 11.4 Å². The number of pyridine rings is 1. The average Bonchev–Trinajstić information content (AvgIpc) is 3.21. The van der Waals surface area contributed by atoms with Gasteiger partial charge in [0.15, 0.2) is 5.82 Å². The number of allylic oxidation sites excluding steroid dienone is 1. The van der Waals surface area contributed by atoms with Crippen molar-refractivity contribution in [1.29, 1.82) is 0 Å². The Morgan fingerprint density at radius 3 is 2.87 bits per heavy atom. The van der Waals surface area contributed by atoms with Crippen molar-refractivity contribution in [2.24, 2.45) is 7.05 Å². The number of benzene rings is 1. The molecule has 2 aromatic heterocycles. The summed E-state index contributed by atoms with van der Waals surface area (Å²) in [6.07, 6.45) is 8.13. The summed E-state index contributed by atoms with van der Waals surface area (Å²) in [6, 6.07) is 10.2. The standard InChI is InChI=1S/C18H16N4O/c1-21-11-16(14-8-5-9-15(14)18(21)23)17-19-12-20-22(17)10-13-6-3-2-4-7-13/h2-8,11-12H,9-10H2,1H3. The molecule has 0 unspecified atom stereocenters. The fourth-order valence-electron chi connectivity index (χ4n) is 3.02. The van der Waals surface area contributed by atoms with Gasteiger partial charge >= 0.3 is 0 Å². The highest BCUT2D eigenvalue weighted by Crippen LogP contribution is 2.28. The molecule has 0 N–H and O–H groups in total. The molecule has 4 rings (SSSR count). The van der Waals surface area contributed by atoms with Crippen LogP contribution in [-0.4, -0.2) is 19.3 Å². The molecule has 1 aliphatic carbocycles. The molecule has 23 heavy (non-hydrogen) atoms. The summed E-state index contributed by atoms with van der Waals surface area (Å²) in [7, 11) is 1.78. The molecule has 0 spiro atoms. The van der Waals surface area contributed by atoms with Gasteiger partial charge in [-0.2, -0.15) is 5.10 Å². The van der Waals surface area contributed by atoms with Crippen LogP contribution >= 0.6 is 0 Å². The molecule has 2 heterocycles. The first-order valence-corrected chi connectivity index (χ1v) is 7.55. The van der Waals surface area contributed by atoms with Crippen LogP contribution in [0.2, 0.25) is 0 Å². The summed E-state index contributed by atoms with van der Waals surface area (Å²) >= 11 is 0. The van der Waals surface area contributed by atoms with E-state index >= 15 is 0 Å². The summed E-state index contributed by atoms with van der Waals surface area (Å²) in [5.74, 6) is 0.784. The lowest BCUT2D eigenvalue weighted by Crippen LogP contribution is -2.21. The Labute approximate surface area is 133 Å². The molecule has 1 aromatic carbocycles. The topological polar surface area (TPSA) is 52.7 Å². The number of fused-ring (bicyclic) bond motifs is 1. The maximum absolute atomic E-state index is 12.2. The zero-order valence-electron chi connectivity index (χ0n) is 12.8. The van der Waals surface area contributed by atoms with Crippen LogP contribution in [0.4, 0.5) is 0 Å². The van der Waals surface area contributed by atoms with Crippen molar-refractivity contribution < 1.29 is 0 Å². The van der Waals surface area contributed by atoms with E-state index in [4.69, 9.17) is 0 Å². The van der Waals surface area contributed by atoms with Crippen LogP contribution in [0.25, 0.3) is 17.5 Å². The summed E-state index contributed by atoms with van der Waals surface area (Å²) in [5.41, 5.74) is 3.97. The molecule has 114 valence electrons. The second-order valence-electron chi connectivity index (χ2n) is 5.68. The SMILES string of the molecule is Cn1cc(-c2ncnn2Cc2ccccc2)c2c(c1=O)CC=C2. The van der Waals surface area contributed by atoms with Crippen LogP contribution in [0.5, 0.6) is 0 Å². The largest absolute Gasteiger partial charge is 0.318 e. The van der Waals surface area contributed by atoms with Crippen molar-refractivity contribution in [1.82, 2.24) is 19.3 Å². The molecule has 0 radical (unpaired) electrons. The predicted molar refractivity (Wildman–Crippen MR) is 89.0 cm³/mol. The van der Waals surface area contributed by atoms with Gasteiger partial charge in [0.2, 0.25) is 0 Å². The lowest BCUT2D eigenvalue weighted by molar-refractivity contribution is 0.691. The molecule has 5 nitrogen and oxygen atoms in total. The van der Waals surface area contributed by atoms with E-state index in [-0.39, 0.29) is 5.56 Å². The zero-order chi connectivity index (χ0) is 15.8. The van der Waals surface area contributed by atoms with E-state index in [1.54, 1.807) is 17.9 Å². The van der Waals surface area contributed by atoms with Gasteiger partial charge in [-0.05, 0) is 17.5 Å². The van der Waals surface area contributed by atoms with Crippen molar-refractivity contribution in [2.75, 3.05) is 0 Å². The Bertz CT molecular complexity index is 951. The van der Waals surface area contributed by atoms with Gasteiger partial charge in [0.1, 0.15) is 6.33 Å². The lowest BCUT2D eigenvalue weighted by Gasteiger charge is -2.11. The van der Waals surface area contributed by atoms with Gasteiger partial charge in [-0.25, -0.2) is 9.67 Å². The van der Waals surface area contributed by atoms with Gasteiger partial charge in [-0.1, -0.05) is 42.5 Å². The van der Waals surface area contributed by atoms with Crippen molar-refractivity contribution in [3.63, 3.8) is 0 Å². The van der Waals surface area contributed by atoms with Crippen molar-refractivity contribution >= 4 is 6.08 Å². The molecule has 0 aliphatic heterocycles. The predicted octanol–water partition coefficient (Wildman–Crippen LogP) is 2.26. The monoisotopic (exact) mass is 304 g/mol. The maximum atomic E-state index is 12.2. The van der Waals surface area contributed by atoms with Gasteiger partial charge in [0.25, 0.3) is 5.56 Å². The van der Waals surface area contributed by atoms with Gasteiger partial charge in [0.05, 0.1) is 6.54 Å². The van der Waals surface area contributed by atoms with Gasteiger partial charge in [-0.15, -0.1) is 0 Å². The highest BCUT2D eigenvalue weighted by molar-refractivity contribution is 5.75. The number of aromatic nitrogens is 4. The molecule has 0 saturated carbocycles. The normalized spacial score (nSPS) is 12.6. The molecular weight excluding hydrogens is 288 g/mol. The highest BCUT2D eigenvalue weighted by atomic mass is 16.1. The molecule has 0 atom stereocenters. The third kappa shape index (κ3) is 2.30. The van der Waals surface area contributed by atoms with E-state index in [0.717, 1.165) is 28.1 Å². The fraction of sp³-hybridized carbons (Fsp3) is 0.167. The molecule has 3 aromatic rings. The summed E-state index contributed by atoms with van der Waals surface area (Å²) in [4.78, 5) is 16.7. The van der Waals surface area contributed by atoms with Crippen LogP contribution in [0.15, 0.2) is 53.7 Å². The van der Waals surface area contributed by atoms with E-state index in [2.05, 4.69) is 22.2 Å². The Balaban J connectivity index is 1.83. The Hall–Kier alpha value is -2.95. The van der Waals surface area contributed by atoms with Crippen LogP contribution in [-0.2, 0) is 20.0 Å². The zero-order valence-corrected chi connectivity index (χ0v) is 12.8. The molecule has 0 fully saturated rings. The van der Waals surface area contributed by atoms with E-state index < -0.39 is 0 Å². The fourth-order valence-corrected chi connectivity index (χ4v) is 3.02. The second kappa shape index (κ2) is 5.35. The summed E-state index contributed by atoms with van der Waals surface area (Å²) in [5, 5.41) is 4.36. The van der Waals surface area contributed by atoms with Crippen LogP contribution in [0.1, 0.15) is 16.7 Å². The molecular formula is C18H16N4O. The third-order valence-corrected chi connectivity index (χ3v) is 4.15. The van der Waals surface area contributed by atoms with Crippen molar-refractivity contribution in [3.05, 3.63) is 76.0 Å². The van der Waals surface area contributed by atoms with E-state index in [1.165, 1.54) is 0 Å². The first-order chi connectivity index (χ1) is 11.2. The Morgan fingerprint density at radius 1 is 1.22 bits per heavy atom. The molecule has 0 amide bonds. The minimum absolute atomic E-state index is 0.0582. The van der Waals surface area contributed by atoms with E-state index in [1.807, 2.05) is 41.2 Å². The van der Waals surface area contributed by atoms with Crippen molar-refractivity contribution in [2.45, 2.75) is 13.0 Å². The van der Waals surface area contributed by atoms with Gasteiger partial charge in [0, 0.05) is 24.4 Å². The average molecular weight is 304 g/mol. The number of aryl methyl sites for hydroxylation is 1. The van der Waals surface area contributed by atoms with E-state index in [0.29, 0.717) is 13.0 Å². The van der Waals surface area contributed by atoms with E-state index in [9.17, 15) is 4.79 Å². The molecule has 0 saturated heterocycles. The quantitative estimate of drug-likeness (QED) is 0.746. The van der Waals surface area contributed by atoms with Crippen LogP contribution in [0, 0.1) is 0 Å². The second-order valence-corrected chi connectivity index (χ2v) is 5.68. The molecule has 1 aliphatic rings. The Kier molecular flexibility index (Phi) is 3.19. The summed E-state index contributed by atoms with van der Waals surface area (Å²) in [6.45, 7) is 0.650. The summed E-state index contributed by atoms with van der Waals surface area (Å²) < 4.78 is 3.50. The highest BCUT2D eigenvalue weighted by Gasteiger charge is 2.19. The number of nitrogens with zero attached hydrogens (tertiary/aromatic N) is 4. The number of hydrogen-bond acceptors (Lipinski definition) is 3. The van der Waals surface area contributed by atoms with Gasteiger partial charge in [-0.3, -0.25) is 4.79 Å². The maximum Gasteiger partial charge on any atom is 0.254 e. The molecule has 5 heteroatoms. The minimum atomic E-state index is 0.0582. The molecule has 0 bridgehead atoms. The van der Waals surface area contributed by atoms with Crippen LogP contribution in [0.3, 0.4) is 0 Å².